The summed E-state index contributed by atoms with van der Waals surface area (Å²) in [6.07, 6.45) is 1.39. The molecule has 5 heteroatoms. The lowest BCUT2D eigenvalue weighted by Gasteiger charge is -2.28. The van der Waals surface area contributed by atoms with Crippen molar-refractivity contribution in [3.8, 4) is 0 Å². The van der Waals surface area contributed by atoms with Crippen LogP contribution in [-0.2, 0) is 0 Å². The number of rotatable bonds is 6. The number of halogens is 2. The highest BCUT2D eigenvalue weighted by Gasteiger charge is 2.34. The van der Waals surface area contributed by atoms with E-state index in [1.165, 1.54) is 0 Å². The topological polar surface area (TPSA) is 55.1 Å². The molecule has 0 aliphatic heterocycles. The Morgan fingerprint density at radius 3 is 2.71 bits per heavy atom. The molecular weight excluding hydrogens is 274 g/mol. The number of alkyl halides is 2. The minimum absolute atomic E-state index is 0.0195. The molecule has 1 aromatic carbocycles. The molecule has 0 unspecified atom stereocenters. The molecule has 0 heterocycles. The van der Waals surface area contributed by atoms with Gasteiger partial charge in [0.15, 0.2) is 5.78 Å². The van der Waals surface area contributed by atoms with Crippen molar-refractivity contribution in [2.75, 3.05) is 18.4 Å². The van der Waals surface area contributed by atoms with E-state index in [1.54, 1.807) is 12.1 Å². The fourth-order valence-electron chi connectivity index (χ4n) is 2.64. The first-order valence-electron chi connectivity index (χ1n) is 7.45. The number of carbonyl (C=O) groups excluding carboxylic acids is 1. The molecule has 1 aliphatic rings. The molecule has 0 bridgehead atoms. The van der Waals surface area contributed by atoms with Gasteiger partial charge in [-0.25, -0.2) is 8.78 Å². The summed E-state index contributed by atoms with van der Waals surface area (Å²) in [5, 5.41) is 3.25. The van der Waals surface area contributed by atoms with E-state index >= 15 is 0 Å². The first kappa shape index (κ1) is 15.9. The molecule has 1 saturated carbocycles. The standard InChI is InChI=1S/C16H22F2N2O/c17-16(18)7-4-12(5-8-16)11-20-14-3-1-2-13(10-14)15(21)6-9-19/h1-3,10,12,20H,4-9,11,19H2. The van der Waals surface area contributed by atoms with Crippen molar-refractivity contribution < 1.29 is 13.6 Å². The van der Waals surface area contributed by atoms with Crippen molar-refractivity contribution in [1.82, 2.24) is 0 Å². The van der Waals surface area contributed by atoms with Crippen molar-refractivity contribution in [2.45, 2.75) is 38.0 Å². The van der Waals surface area contributed by atoms with Crippen LogP contribution in [0.3, 0.4) is 0 Å². The van der Waals surface area contributed by atoms with Crippen molar-refractivity contribution in [2.24, 2.45) is 11.7 Å². The van der Waals surface area contributed by atoms with E-state index in [0.717, 1.165) is 5.69 Å². The first-order valence-corrected chi connectivity index (χ1v) is 7.45. The Morgan fingerprint density at radius 2 is 2.05 bits per heavy atom. The minimum Gasteiger partial charge on any atom is -0.385 e. The van der Waals surface area contributed by atoms with Gasteiger partial charge in [-0.1, -0.05) is 12.1 Å². The monoisotopic (exact) mass is 296 g/mol. The highest BCUT2D eigenvalue weighted by atomic mass is 19.3. The van der Waals surface area contributed by atoms with Gasteiger partial charge in [0.2, 0.25) is 5.92 Å². The Kier molecular flexibility index (Phi) is 5.28. The molecule has 21 heavy (non-hydrogen) atoms. The number of nitrogens with one attached hydrogen (secondary N) is 1. The van der Waals surface area contributed by atoms with Gasteiger partial charge in [0.1, 0.15) is 0 Å². The number of benzene rings is 1. The van der Waals surface area contributed by atoms with E-state index in [-0.39, 0.29) is 24.5 Å². The van der Waals surface area contributed by atoms with E-state index in [9.17, 15) is 13.6 Å². The van der Waals surface area contributed by atoms with Crippen LogP contribution in [-0.4, -0.2) is 24.8 Å². The summed E-state index contributed by atoms with van der Waals surface area (Å²) in [6.45, 7) is 1.01. The van der Waals surface area contributed by atoms with Crippen LogP contribution in [0.5, 0.6) is 0 Å². The third-order valence-electron chi connectivity index (χ3n) is 3.99. The molecule has 116 valence electrons. The summed E-state index contributed by atoms with van der Waals surface area (Å²) in [6, 6.07) is 7.28. The summed E-state index contributed by atoms with van der Waals surface area (Å²) < 4.78 is 26.2. The zero-order chi connectivity index (χ0) is 15.3. The van der Waals surface area contributed by atoms with Crippen LogP contribution >= 0.6 is 0 Å². The molecule has 3 N–H and O–H groups in total. The Balaban J connectivity index is 1.86. The quantitative estimate of drug-likeness (QED) is 0.790. The SMILES string of the molecule is NCCC(=O)c1cccc(NCC2CCC(F)(F)CC2)c1. The Hall–Kier alpha value is -1.49. The van der Waals surface area contributed by atoms with Crippen LogP contribution in [0.2, 0.25) is 0 Å². The molecule has 0 saturated heterocycles. The number of Topliss-reactive ketones (excluding diaryl/α,β-unsaturated/α-hetero) is 1. The lowest BCUT2D eigenvalue weighted by atomic mass is 9.87. The van der Waals surface area contributed by atoms with Gasteiger partial charge in [0.25, 0.3) is 0 Å². The summed E-state index contributed by atoms with van der Waals surface area (Å²) in [5.41, 5.74) is 6.88. The molecule has 1 aliphatic carbocycles. The Labute approximate surface area is 123 Å². The second kappa shape index (κ2) is 6.98. The molecule has 0 aromatic heterocycles. The van der Waals surface area contributed by atoms with Gasteiger partial charge < -0.3 is 11.1 Å². The smallest absolute Gasteiger partial charge is 0.248 e. The predicted octanol–water partition coefficient (Wildman–Crippen LogP) is 3.46. The molecule has 2 rings (SSSR count). The first-order chi connectivity index (χ1) is 10.00. The average Bonchev–Trinajstić information content (AvgIpc) is 2.47. The van der Waals surface area contributed by atoms with E-state index in [0.29, 0.717) is 37.9 Å². The number of nitrogens with two attached hydrogens (primary N) is 1. The van der Waals surface area contributed by atoms with E-state index in [2.05, 4.69) is 5.32 Å². The summed E-state index contributed by atoms with van der Waals surface area (Å²) in [7, 11) is 0. The van der Waals surface area contributed by atoms with Crippen LogP contribution in [0.4, 0.5) is 14.5 Å². The molecule has 3 nitrogen and oxygen atoms in total. The highest BCUT2D eigenvalue weighted by molar-refractivity contribution is 5.97. The largest absolute Gasteiger partial charge is 0.385 e. The fraction of sp³-hybridized carbons (Fsp3) is 0.562. The van der Waals surface area contributed by atoms with Crippen molar-refractivity contribution in [1.29, 1.82) is 0 Å². The van der Waals surface area contributed by atoms with E-state index in [4.69, 9.17) is 5.73 Å². The number of anilines is 1. The molecule has 0 radical (unpaired) electrons. The molecule has 0 atom stereocenters. The van der Waals surface area contributed by atoms with Crippen LogP contribution in [0, 0.1) is 5.92 Å². The number of ketones is 1. The maximum atomic E-state index is 13.1. The Bertz CT molecular complexity index is 481. The zero-order valence-corrected chi connectivity index (χ0v) is 12.1. The van der Waals surface area contributed by atoms with Gasteiger partial charge >= 0.3 is 0 Å². The van der Waals surface area contributed by atoms with Gasteiger partial charge in [-0.05, 0) is 37.4 Å². The van der Waals surface area contributed by atoms with Gasteiger partial charge in [0, 0.05) is 37.1 Å². The van der Waals surface area contributed by atoms with Crippen molar-refractivity contribution >= 4 is 11.5 Å². The minimum atomic E-state index is -2.48. The maximum Gasteiger partial charge on any atom is 0.248 e. The summed E-state index contributed by atoms with van der Waals surface area (Å²) >= 11 is 0. The average molecular weight is 296 g/mol. The van der Waals surface area contributed by atoms with Gasteiger partial charge in [-0.3, -0.25) is 4.79 Å². The molecular formula is C16H22F2N2O. The molecule has 0 amide bonds. The van der Waals surface area contributed by atoms with Gasteiger partial charge in [0.05, 0.1) is 0 Å². The van der Waals surface area contributed by atoms with Crippen LogP contribution in [0.25, 0.3) is 0 Å². The predicted molar refractivity (Wildman–Crippen MR) is 79.8 cm³/mol. The van der Waals surface area contributed by atoms with E-state index < -0.39 is 5.92 Å². The van der Waals surface area contributed by atoms with Crippen LogP contribution in [0.15, 0.2) is 24.3 Å². The zero-order valence-electron chi connectivity index (χ0n) is 12.1. The molecule has 1 aromatic rings. The van der Waals surface area contributed by atoms with E-state index in [1.807, 2.05) is 12.1 Å². The second-order valence-corrected chi connectivity index (χ2v) is 5.72. The number of hydrogen-bond donors (Lipinski definition) is 2. The maximum absolute atomic E-state index is 13.1. The van der Waals surface area contributed by atoms with Gasteiger partial charge in [-0.2, -0.15) is 0 Å². The number of carbonyl (C=O) groups is 1. The fourth-order valence-corrected chi connectivity index (χ4v) is 2.64. The second-order valence-electron chi connectivity index (χ2n) is 5.72. The van der Waals surface area contributed by atoms with Crippen LogP contribution < -0.4 is 11.1 Å². The lowest BCUT2D eigenvalue weighted by Crippen LogP contribution is -2.28. The summed E-state index contributed by atoms with van der Waals surface area (Å²) in [5.74, 6) is -2.18. The third kappa shape index (κ3) is 4.77. The normalized spacial score (nSPS) is 18.4. The van der Waals surface area contributed by atoms with Crippen LogP contribution in [0.1, 0.15) is 42.5 Å². The highest BCUT2D eigenvalue weighted by Crippen LogP contribution is 2.36. The third-order valence-corrected chi connectivity index (χ3v) is 3.99. The van der Waals surface area contributed by atoms with Crippen molar-refractivity contribution in [3.63, 3.8) is 0 Å². The molecule has 1 fully saturated rings. The summed E-state index contributed by atoms with van der Waals surface area (Å²) in [4.78, 5) is 11.8. The number of hydrogen-bond acceptors (Lipinski definition) is 3. The Morgan fingerprint density at radius 1 is 1.33 bits per heavy atom. The lowest BCUT2D eigenvalue weighted by molar-refractivity contribution is -0.0443. The van der Waals surface area contributed by atoms with Crippen molar-refractivity contribution in [3.05, 3.63) is 29.8 Å². The molecule has 0 spiro atoms. The van der Waals surface area contributed by atoms with Gasteiger partial charge in [-0.15, -0.1) is 0 Å².